The first-order chi connectivity index (χ1) is 12.0. The SMILES string of the molecule is CCCCCCCCCCCC1OC2COC(COS(=O)(=O)O)C2O1. The molecule has 2 saturated heterocycles. The third kappa shape index (κ3) is 7.88. The number of fused-ring (bicyclic) bond motifs is 1. The highest BCUT2D eigenvalue weighted by Crippen LogP contribution is 2.31. The molecule has 4 atom stereocenters. The lowest BCUT2D eigenvalue weighted by Gasteiger charge is -2.16. The van der Waals surface area contributed by atoms with Gasteiger partial charge in [0.05, 0.1) is 13.2 Å². The first-order valence-electron chi connectivity index (χ1n) is 9.54. The molecule has 2 heterocycles. The highest BCUT2D eigenvalue weighted by Gasteiger charge is 2.47. The molecule has 0 aliphatic carbocycles. The molecule has 8 heteroatoms. The molecule has 2 aliphatic rings. The van der Waals surface area contributed by atoms with Gasteiger partial charge in [-0.05, 0) is 12.8 Å². The number of hydrogen-bond donors (Lipinski definition) is 1. The van der Waals surface area contributed by atoms with Crippen molar-refractivity contribution in [1.82, 2.24) is 0 Å². The normalized spacial score (nSPS) is 29.2. The minimum atomic E-state index is -4.46. The molecule has 0 bridgehead atoms. The Labute approximate surface area is 151 Å². The molecule has 0 saturated carbocycles. The van der Waals surface area contributed by atoms with E-state index in [1.807, 2.05) is 0 Å². The predicted octanol–water partition coefficient (Wildman–Crippen LogP) is 3.24. The maximum Gasteiger partial charge on any atom is 0.397 e. The van der Waals surface area contributed by atoms with Crippen LogP contribution in [0, 0.1) is 0 Å². The smallest absolute Gasteiger partial charge is 0.370 e. The third-order valence-corrected chi connectivity index (χ3v) is 5.20. The van der Waals surface area contributed by atoms with Crippen molar-refractivity contribution < 1.29 is 31.4 Å². The van der Waals surface area contributed by atoms with Gasteiger partial charge in [-0.15, -0.1) is 0 Å². The summed E-state index contributed by atoms with van der Waals surface area (Å²) in [7, 11) is -4.46. The maximum atomic E-state index is 10.7. The summed E-state index contributed by atoms with van der Waals surface area (Å²) in [6, 6.07) is 0. The fraction of sp³-hybridized carbons (Fsp3) is 1.00. The minimum absolute atomic E-state index is 0.182. The molecule has 0 amide bonds. The van der Waals surface area contributed by atoms with Crippen molar-refractivity contribution in [2.45, 2.75) is 95.7 Å². The summed E-state index contributed by atoms with van der Waals surface area (Å²) in [5.41, 5.74) is 0. The Hall–Kier alpha value is -0.250. The molecule has 1 N–H and O–H groups in total. The van der Waals surface area contributed by atoms with Crippen LogP contribution in [-0.2, 0) is 28.8 Å². The van der Waals surface area contributed by atoms with Crippen LogP contribution in [0.25, 0.3) is 0 Å². The van der Waals surface area contributed by atoms with Gasteiger partial charge in [0.1, 0.15) is 18.3 Å². The van der Waals surface area contributed by atoms with E-state index in [0.717, 1.165) is 12.8 Å². The summed E-state index contributed by atoms with van der Waals surface area (Å²) in [4.78, 5) is 0. The van der Waals surface area contributed by atoms with Crippen LogP contribution in [0.3, 0.4) is 0 Å². The number of ether oxygens (including phenoxy) is 3. The van der Waals surface area contributed by atoms with Crippen LogP contribution in [0.15, 0.2) is 0 Å². The Morgan fingerprint density at radius 2 is 1.64 bits per heavy atom. The first-order valence-corrected chi connectivity index (χ1v) is 10.9. The van der Waals surface area contributed by atoms with Gasteiger partial charge >= 0.3 is 10.4 Å². The average molecular weight is 381 g/mol. The second-order valence-corrected chi connectivity index (χ2v) is 8.00. The van der Waals surface area contributed by atoms with E-state index in [9.17, 15) is 8.42 Å². The molecular formula is C17H32O7S. The molecule has 0 aromatic carbocycles. The van der Waals surface area contributed by atoms with Gasteiger partial charge in [-0.25, -0.2) is 4.18 Å². The number of rotatable bonds is 13. The summed E-state index contributed by atoms with van der Waals surface area (Å²) in [5, 5.41) is 0. The minimum Gasteiger partial charge on any atom is -0.370 e. The molecule has 0 aromatic rings. The van der Waals surface area contributed by atoms with Crippen molar-refractivity contribution in [1.29, 1.82) is 0 Å². The van der Waals surface area contributed by atoms with Gasteiger partial charge in [-0.2, -0.15) is 8.42 Å². The molecule has 0 aromatic heterocycles. The third-order valence-electron chi connectivity index (χ3n) is 4.77. The maximum absolute atomic E-state index is 10.7. The lowest BCUT2D eigenvalue weighted by atomic mass is 10.1. The van der Waals surface area contributed by atoms with Crippen LogP contribution in [0.4, 0.5) is 0 Å². The number of hydrogen-bond acceptors (Lipinski definition) is 6. The molecule has 2 fully saturated rings. The van der Waals surface area contributed by atoms with Crippen LogP contribution in [0.1, 0.15) is 71.1 Å². The van der Waals surface area contributed by atoms with Crippen LogP contribution in [-0.4, -0.2) is 50.8 Å². The van der Waals surface area contributed by atoms with E-state index in [0.29, 0.717) is 6.61 Å². The molecule has 2 aliphatic heterocycles. The van der Waals surface area contributed by atoms with Crippen molar-refractivity contribution in [2.75, 3.05) is 13.2 Å². The monoisotopic (exact) mass is 380 g/mol. The van der Waals surface area contributed by atoms with Gasteiger partial charge in [-0.3, -0.25) is 4.55 Å². The predicted molar refractivity (Wildman–Crippen MR) is 92.6 cm³/mol. The molecule has 148 valence electrons. The van der Waals surface area contributed by atoms with Crippen molar-refractivity contribution in [3.05, 3.63) is 0 Å². The molecule has 25 heavy (non-hydrogen) atoms. The number of unbranched alkanes of at least 4 members (excludes halogenated alkanes) is 8. The summed E-state index contributed by atoms with van der Waals surface area (Å²) in [6.45, 7) is 2.34. The molecular weight excluding hydrogens is 348 g/mol. The van der Waals surface area contributed by atoms with Crippen LogP contribution < -0.4 is 0 Å². The zero-order chi connectivity index (χ0) is 18.1. The van der Waals surface area contributed by atoms with E-state index in [2.05, 4.69) is 11.1 Å². The average Bonchev–Trinajstić information content (AvgIpc) is 3.11. The van der Waals surface area contributed by atoms with E-state index >= 15 is 0 Å². The molecule has 0 radical (unpaired) electrons. The van der Waals surface area contributed by atoms with E-state index < -0.39 is 16.5 Å². The lowest BCUT2D eigenvalue weighted by molar-refractivity contribution is -0.119. The van der Waals surface area contributed by atoms with E-state index in [4.69, 9.17) is 18.8 Å². The quantitative estimate of drug-likeness (QED) is 0.387. The molecule has 0 spiro atoms. The second-order valence-electron chi connectivity index (χ2n) is 6.91. The van der Waals surface area contributed by atoms with Gasteiger partial charge in [0.2, 0.25) is 0 Å². The lowest BCUT2D eigenvalue weighted by Crippen LogP contribution is -2.32. The molecule has 2 rings (SSSR count). The van der Waals surface area contributed by atoms with Gasteiger partial charge in [0, 0.05) is 0 Å². The Balaban J connectivity index is 1.52. The molecule has 7 nitrogen and oxygen atoms in total. The van der Waals surface area contributed by atoms with Crippen LogP contribution in [0.5, 0.6) is 0 Å². The van der Waals surface area contributed by atoms with Crippen molar-refractivity contribution in [3.63, 3.8) is 0 Å². The Morgan fingerprint density at radius 3 is 2.28 bits per heavy atom. The van der Waals surface area contributed by atoms with Crippen molar-refractivity contribution in [2.24, 2.45) is 0 Å². The standard InChI is InChI=1S/C17H32O7S/c1-2-3-4-5-6-7-8-9-10-11-16-23-15-12-21-14(17(15)24-16)13-22-25(18,19)20/h14-17H,2-13H2,1H3,(H,18,19,20). The van der Waals surface area contributed by atoms with Gasteiger partial charge in [0.15, 0.2) is 6.29 Å². The largest absolute Gasteiger partial charge is 0.397 e. The van der Waals surface area contributed by atoms with Gasteiger partial charge in [0.25, 0.3) is 0 Å². The molecule has 4 unspecified atom stereocenters. The van der Waals surface area contributed by atoms with E-state index in [-0.39, 0.29) is 25.1 Å². The van der Waals surface area contributed by atoms with Crippen molar-refractivity contribution in [3.8, 4) is 0 Å². The highest BCUT2D eigenvalue weighted by atomic mass is 32.3. The van der Waals surface area contributed by atoms with Crippen molar-refractivity contribution >= 4 is 10.4 Å². The van der Waals surface area contributed by atoms with E-state index in [1.54, 1.807) is 0 Å². The van der Waals surface area contributed by atoms with Crippen LogP contribution in [0.2, 0.25) is 0 Å². The van der Waals surface area contributed by atoms with Crippen LogP contribution >= 0.6 is 0 Å². The summed E-state index contributed by atoms with van der Waals surface area (Å²) in [6.07, 6.45) is 11.0. The highest BCUT2D eigenvalue weighted by molar-refractivity contribution is 7.80. The van der Waals surface area contributed by atoms with Gasteiger partial charge in [-0.1, -0.05) is 58.3 Å². The fourth-order valence-electron chi connectivity index (χ4n) is 3.40. The zero-order valence-electron chi connectivity index (χ0n) is 15.1. The Bertz CT molecular complexity index is 468. The summed E-state index contributed by atoms with van der Waals surface area (Å²) >= 11 is 0. The first kappa shape index (κ1) is 21.1. The Kier molecular flexibility index (Phi) is 9.09. The summed E-state index contributed by atoms with van der Waals surface area (Å²) < 4.78 is 51.4. The topological polar surface area (TPSA) is 91.3 Å². The summed E-state index contributed by atoms with van der Waals surface area (Å²) in [5.74, 6) is 0. The Morgan fingerprint density at radius 1 is 1.00 bits per heavy atom. The zero-order valence-corrected chi connectivity index (χ0v) is 15.9. The fourth-order valence-corrected chi connectivity index (χ4v) is 3.70. The second kappa shape index (κ2) is 10.8. The van der Waals surface area contributed by atoms with Gasteiger partial charge < -0.3 is 14.2 Å². The van der Waals surface area contributed by atoms with E-state index in [1.165, 1.54) is 51.4 Å².